The first-order valence-electron chi connectivity index (χ1n) is 10.4. The van der Waals surface area contributed by atoms with E-state index in [0.29, 0.717) is 0 Å². The Labute approximate surface area is 191 Å². The molecule has 1 N–H and O–H groups in total. The molecule has 180 valence electrons. The summed E-state index contributed by atoms with van der Waals surface area (Å²) in [5.41, 5.74) is -2.35. The summed E-state index contributed by atoms with van der Waals surface area (Å²) in [6, 6.07) is 9.25. The maximum atomic E-state index is 13.0. The van der Waals surface area contributed by atoms with Crippen molar-refractivity contribution < 1.29 is 38.0 Å². The van der Waals surface area contributed by atoms with Crippen LogP contribution in [0.25, 0.3) is 0 Å². The smallest absolute Gasteiger partial charge is 0.409 e. The topological polar surface area (TPSA) is 139 Å². The predicted molar refractivity (Wildman–Crippen MR) is 114 cm³/mol. The zero-order chi connectivity index (χ0) is 24.5. The van der Waals surface area contributed by atoms with Crippen LogP contribution in [0.5, 0.6) is 5.88 Å². The number of alkyl carbamates (subject to hydrolysis) is 1. The summed E-state index contributed by atoms with van der Waals surface area (Å²) in [6.07, 6.45) is -1.52. The molecule has 1 aromatic heterocycles. The fourth-order valence-electron chi connectivity index (χ4n) is 2.75. The Bertz CT molecular complexity index is 919. The van der Waals surface area contributed by atoms with E-state index in [1.165, 1.54) is 0 Å². The van der Waals surface area contributed by atoms with E-state index in [0.717, 1.165) is 5.56 Å². The lowest BCUT2D eigenvalue weighted by Crippen LogP contribution is -2.63. The third-order valence-corrected chi connectivity index (χ3v) is 4.13. The molecule has 0 unspecified atom stereocenters. The fourth-order valence-corrected chi connectivity index (χ4v) is 2.75. The second kappa shape index (κ2) is 11.3. The molecule has 0 radical (unpaired) electrons. The first kappa shape index (κ1) is 25.6. The lowest BCUT2D eigenvalue weighted by Gasteiger charge is -2.30. The molecule has 0 aliphatic carbocycles. The van der Waals surface area contributed by atoms with Gasteiger partial charge in [-0.15, -0.1) is 0 Å². The van der Waals surface area contributed by atoms with Crippen molar-refractivity contribution >= 4 is 18.0 Å². The SMILES string of the molecule is CCOC(=O)C(Cc1nonc1OCc1ccccc1)(NC(=O)OC(C)(C)C)C(=O)OCC. The third-order valence-electron chi connectivity index (χ3n) is 4.13. The van der Waals surface area contributed by atoms with Crippen LogP contribution in [0.1, 0.15) is 45.9 Å². The molecule has 0 bridgehead atoms. The minimum Gasteiger partial charge on any atom is -0.469 e. The van der Waals surface area contributed by atoms with E-state index in [4.69, 9.17) is 23.6 Å². The number of carbonyl (C=O) groups is 3. The largest absolute Gasteiger partial charge is 0.469 e. The maximum Gasteiger partial charge on any atom is 0.409 e. The van der Waals surface area contributed by atoms with E-state index < -0.39 is 35.6 Å². The lowest BCUT2D eigenvalue weighted by molar-refractivity contribution is -0.166. The monoisotopic (exact) mass is 463 g/mol. The van der Waals surface area contributed by atoms with Crippen molar-refractivity contribution in [2.75, 3.05) is 13.2 Å². The Morgan fingerprint density at radius 3 is 2.12 bits per heavy atom. The zero-order valence-corrected chi connectivity index (χ0v) is 19.4. The fraction of sp³-hybridized carbons (Fsp3) is 0.500. The molecule has 1 heterocycles. The second-order valence-electron chi connectivity index (χ2n) is 7.94. The summed E-state index contributed by atoms with van der Waals surface area (Å²) in [4.78, 5) is 38.5. The van der Waals surface area contributed by atoms with Gasteiger partial charge in [0.2, 0.25) is 5.54 Å². The summed E-state index contributed by atoms with van der Waals surface area (Å²) in [5.74, 6) is -2.15. The second-order valence-corrected chi connectivity index (χ2v) is 7.94. The molecule has 0 atom stereocenters. The van der Waals surface area contributed by atoms with Crippen LogP contribution >= 0.6 is 0 Å². The van der Waals surface area contributed by atoms with Crippen molar-refractivity contribution in [1.29, 1.82) is 0 Å². The highest BCUT2D eigenvalue weighted by atomic mass is 16.6. The Morgan fingerprint density at radius 1 is 0.970 bits per heavy atom. The van der Waals surface area contributed by atoms with Gasteiger partial charge < -0.3 is 18.9 Å². The number of amides is 1. The zero-order valence-electron chi connectivity index (χ0n) is 19.4. The van der Waals surface area contributed by atoms with Crippen LogP contribution in [0, 0.1) is 0 Å². The quantitative estimate of drug-likeness (QED) is 0.318. The number of nitrogens with one attached hydrogen (secondary N) is 1. The molecule has 0 fully saturated rings. The number of ether oxygens (including phenoxy) is 4. The molecule has 0 saturated heterocycles. The van der Waals surface area contributed by atoms with E-state index in [1.54, 1.807) is 34.6 Å². The first-order chi connectivity index (χ1) is 15.6. The summed E-state index contributed by atoms with van der Waals surface area (Å²) in [6.45, 7) is 8.07. The normalized spacial score (nSPS) is 11.4. The summed E-state index contributed by atoms with van der Waals surface area (Å²) < 4.78 is 25.9. The lowest BCUT2D eigenvalue weighted by atomic mass is 9.93. The van der Waals surface area contributed by atoms with Gasteiger partial charge in [-0.25, -0.2) is 19.0 Å². The number of aromatic nitrogens is 2. The van der Waals surface area contributed by atoms with E-state index in [1.807, 2.05) is 30.3 Å². The molecule has 1 amide bonds. The van der Waals surface area contributed by atoms with Gasteiger partial charge in [0.1, 0.15) is 12.2 Å². The number of hydrogen-bond acceptors (Lipinski definition) is 10. The van der Waals surface area contributed by atoms with Gasteiger partial charge in [0, 0.05) is 6.42 Å². The maximum absolute atomic E-state index is 13.0. The minimum atomic E-state index is -2.31. The molecule has 11 heteroatoms. The number of hydrogen-bond donors (Lipinski definition) is 1. The number of nitrogens with zero attached hydrogens (tertiary/aromatic N) is 2. The highest BCUT2D eigenvalue weighted by Crippen LogP contribution is 2.24. The minimum absolute atomic E-state index is 0.00287. The number of carbonyl (C=O) groups excluding carboxylic acids is 3. The van der Waals surface area contributed by atoms with Crippen LogP contribution in [0.4, 0.5) is 4.79 Å². The number of esters is 2. The van der Waals surface area contributed by atoms with Crippen molar-refractivity contribution in [1.82, 2.24) is 15.6 Å². The number of benzene rings is 1. The van der Waals surface area contributed by atoms with Gasteiger partial charge in [-0.1, -0.05) is 35.5 Å². The van der Waals surface area contributed by atoms with E-state index >= 15 is 0 Å². The molecule has 2 aromatic rings. The van der Waals surface area contributed by atoms with Gasteiger partial charge >= 0.3 is 18.0 Å². The molecule has 0 saturated carbocycles. The Hall–Kier alpha value is -3.63. The van der Waals surface area contributed by atoms with Crippen LogP contribution < -0.4 is 10.1 Å². The first-order valence-corrected chi connectivity index (χ1v) is 10.4. The van der Waals surface area contributed by atoms with Gasteiger partial charge in [-0.3, -0.25) is 5.32 Å². The van der Waals surface area contributed by atoms with Gasteiger partial charge in [0.25, 0.3) is 5.88 Å². The van der Waals surface area contributed by atoms with Crippen LogP contribution in [0.3, 0.4) is 0 Å². The van der Waals surface area contributed by atoms with Crippen LogP contribution in [-0.2, 0) is 36.8 Å². The molecule has 33 heavy (non-hydrogen) atoms. The average molecular weight is 463 g/mol. The van der Waals surface area contributed by atoms with Crippen molar-refractivity contribution in [3.05, 3.63) is 41.6 Å². The van der Waals surface area contributed by atoms with Crippen molar-refractivity contribution in [3.63, 3.8) is 0 Å². The Balaban J connectivity index is 2.38. The molecular formula is C22H29N3O8. The van der Waals surface area contributed by atoms with Gasteiger partial charge in [-0.05, 0) is 45.3 Å². The molecule has 1 aromatic carbocycles. The summed E-state index contributed by atoms with van der Waals surface area (Å²) in [5, 5.41) is 9.79. The number of rotatable bonds is 10. The summed E-state index contributed by atoms with van der Waals surface area (Å²) in [7, 11) is 0. The molecule has 0 aliphatic heterocycles. The standard InChI is InChI=1S/C22H29N3O8/c1-6-29-18(26)22(19(27)30-7-2,23-20(28)32-21(3,4)5)13-16-17(25-33-24-16)31-14-15-11-9-8-10-12-15/h8-12H,6-7,13-14H2,1-5H3,(H,23,28). The van der Waals surface area contributed by atoms with Crippen LogP contribution in [-0.4, -0.2) is 52.7 Å². The average Bonchev–Trinajstić information content (AvgIpc) is 3.18. The van der Waals surface area contributed by atoms with Crippen LogP contribution in [0.2, 0.25) is 0 Å². The van der Waals surface area contributed by atoms with Gasteiger partial charge in [0.15, 0.2) is 5.69 Å². The van der Waals surface area contributed by atoms with E-state index in [-0.39, 0.29) is 31.4 Å². The predicted octanol–water partition coefficient (Wildman–Crippen LogP) is 2.58. The Kier molecular flexibility index (Phi) is 8.78. The summed E-state index contributed by atoms with van der Waals surface area (Å²) >= 11 is 0. The van der Waals surface area contributed by atoms with Gasteiger partial charge in [-0.2, -0.15) is 0 Å². The molecule has 0 spiro atoms. The highest BCUT2D eigenvalue weighted by molar-refractivity contribution is 6.07. The molecule has 2 rings (SSSR count). The van der Waals surface area contributed by atoms with E-state index in [2.05, 4.69) is 15.6 Å². The molecular weight excluding hydrogens is 434 g/mol. The Morgan fingerprint density at radius 2 is 1.58 bits per heavy atom. The molecule has 0 aliphatic rings. The van der Waals surface area contributed by atoms with Gasteiger partial charge in [0.05, 0.1) is 13.2 Å². The third kappa shape index (κ3) is 7.19. The van der Waals surface area contributed by atoms with Crippen molar-refractivity contribution in [3.8, 4) is 5.88 Å². The van der Waals surface area contributed by atoms with Crippen molar-refractivity contribution in [2.24, 2.45) is 0 Å². The van der Waals surface area contributed by atoms with Crippen LogP contribution in [0.15, 0.2) is 35.0 Å². The van der Waals surface area contributed by atoms with E-state index in [9.17, 15) is 14.4 Å². The highest BCUT2D eigenvalue weighted by Gasteiger charge is 2.53. The molecule has 11 nitrogen and oxygen atoms in total. The van der Waals surface area contributed by atoms with Crippen molar-refractivity contribution in [2.45, 2.75) is 58.8 Å².